The number of piperidine rings is 1. The van der Waals surface area contributed by atoms with Crippen molar-refractivity contribution in [1.82, 2.24) is 4.90 Å². The molecule has 6 rings (SSSR count). The highest BCUT2D eigenvalue weighted by molar-refractivity contribution is 5.93. The van der Waals surface area contributed by atoms with Gasteiger partial charge in [-0.1, -0.05) is 54.1 Å². The highest BCUT2D eigenvalue weighted by Crippen LogP contribution is 2.52. The van der Waals surface area contributed by atoms with E-state index in [9.17, 15) is 18.0 Å². The maximum absolute atomic E-state index is 13.3. The lowest BCUT2D eigenvalue weighted by molar-refractivity contribution is -0.189. The van der Waals surface area contributed by atoms with E-state index in [1.54, 1.807) is 0 Å². The molecule has 35 heavy (non-hydrogen) atoms. The Morgan fingerprint density at radius 2 is 1.51 bits per heavy atom. The second-order valence-electron chi connectivity index (χ2n) is 9.25. The van der Waals surface area contributed by atoms with Gasteiger partial charge in [-0.25, -0.2) is 0 Å². The van der Waals surface area contributed by atoms with Gasteiger partial charge in [0.2, 0.25) is 0 Å². The van der Waals surface area contributed by atoms with E-state index in [1.165, 1.54) is 0 Å². The van der Waals surface area contributed by atoms with E-state index < -0.39 is 24.2 Å². The Kier molecular flexibility index (Phi) is 5.09. The smallest absolute Gasteiger partial charge is 0.454 e. The van der Waals surface area contributed by atoms with Crippen molar-refractivity contribution in [3.63, 3.8) is 0 Å². The number of carbonyl (C=O) groups excluding carboxylic acids is 1. The van der Waals surface area contributed by atoms with Crippen molar-refractivity contribution in [1.29, 1.82) is 0 Å². The van der Waals surface area contributed by atoms with Gasteiger partial charge in [-0.05, 0) is 55.5 Å². The summed E-state index contributed by atoms with van der Waals surface area (Å²) in [6.07, 6.45) is -2.81. The molecule has 2 bridgehead atoms. The van der Waals surface area contributed by atoms with E-state index in [1.807, 2.05) is 72.8 Å². The lowest BCUT2D eigenvalue weighted by Crippen LogP contribution is -2.50. The van der Waals surface area contributed by atoms with Crippen molar-refractivity contribution in [3.8, 4) is 11.5 Å². The van der Waals surface area contributed by atoms with Crippen LogP contribution in [0.3, 0.4) is 0 Å². The number of hydrogen-bond donors (Lipinski definition) is 1. The number of amides is 1. The molecule has 1 amide bonds. The third kappa shape index (κ3) is 3.75. The van der Waals surface area contributed by atoms with Crippen molar-refractivity contribution in [2.24, 2.45) is 0 Å². The quantitative estimate of drug-likeness (QED) is 0.337. The summed E-state index contributed by atoms with van der Waals surface area (Å²) >= 11 is 0. The predicted octanol–water partition coefficient (Wildman–Crippen LogP) is 7.05. The highest BCUT2D eigenvalue weighted by Gasteiger charge is 2.51. The van der Waals surface area contributed by atoms with Crippen LogP contribution in [-0.4, -0.2) is 29.1 Å². The Morgan fingerprint density at radius 3 is 2.23 bits per heavy atom. The maximum atomic E-state index is 13.3. The van der Waals surface area contributed by atoms with Gasteiger partial charge in [0.05, 0.1) is 5.69 Å². The predicted molar refractivity (Wildman–Crippen MR) is 128 cm³/mol. The Hall–Kier alpha value is -3.74. The summed E-state index contributed by atoms with van der Waals surface area (Å²) in [4.78, 5) is 13.2. The van der Waals surface area contributed by atoms with Crippen LogP contribution in [-0.2, 0) is 4.79 Å². The molecule has 4 nitrogen and oxygen atoms in total. The van der Waals surface area contributed by atoms with Crippen LogP contribution in [0.1, 0.15) is 36.8 Å². The number of fused-ring (bicyclic) bond motifs is 4. The number of rotatable bonds is 2. The number of ether oxygens (including phenoxy) is 1. The van der Waals surface area contributed by atoms with E-state index in [-0.39, 0.29) is 0 Å². The van der Waals surface area contributed by atoms with Gasteiger partial charge in [-0.3, -0.25) is 4.79 Å². The largest absolute Gasteiger partial charge is 0.471 e. The van der Waals surface area contributed by atoms with Crippen LogP contribution >= 0.6 is 0 Å². The Bertz CT molecular complexity index is 1320. The molecular formula is C28H23F3N2O2. The molecule has 0 spiro atoms. The second-order valence-corrected chi connectivity index (χ2v) is 9.25. The van der Waals surface area contributed by atoms with Gasteiger partial charge in [-0.15, -0.1) is 0 Å². The Balaban J connectivity index is 1.44. The lowest BCUT2D eigenvalue weighted by Gasteiger charge is -2.38. The van der Waals surface area contributed by atoms with Crippen molar-refractivity contribution < 1.29 is 22.7 Å². The van der Waals surface area contributed by atoms with Crippen LogP contribution in [0.25, 0.3) is 5.57 Å². The first-order valence-electron chi connectivity index (χ1n) is 11.7. The summed E-state index contributed by atoms with van der Waals surface area (Å²) in [6.45, 7) is 0. The molecule has 3 heterocycles. The molecule has 2 saturated heterocycles. The van der Waals surface area contributed by atoms with Gasteiger partial charge < -0.3 is 15.0 Å². The van der Waals surface area contributed by atoms with E-state index in [2.05, 4.69) is 5.32 Å². The van der Waals surface area contributed by atoms with Crippen molar-refractivity contribution in [3.05, 3.63) is 89.5 Å². The number of benzene rings is 3. The second kappa shape index (κ2) is 8.18. The molecule has 3 aromatic carbocycles. The minimum atomic E-state index is -4.85. The number of nitrogens with one attached hydrogen (secondary N) is 1. The van der Waals surface area contributed by atoms with Gasteiger partial charge in [0.15, 0.2) is 5.75 Å². The first-order chi connectivity index (χ1) is 16.9. The molecule has 3 aliphatic heterocycles. The molecule has 0 saturated carbocycles. The number of anilines is 2. The first-order valence-corrected chi connectivity index (χ1v) is 11.7. The number of nitrogens with zero attached hydrogens (tertiary/aromatic N) is 1. The summed E-state index contributed by atoms with van der Waals surface area (Å²) < 4.78 is 46.1. The zero-order chi connectivity index (χ0) is 24.2. The monoisotopic (exact) mass is 476 g/mol. The van der Waals surface area contributed by atoms with Crippen LogP contribution in [0.15, 0.2) is 78.4 Å². The van der Waals surface area contributed by atoms with E-state index in [4.69, 9.17) is 4.74 Å². The van der Waals surface area contributed by atoms with Crippen LogP contribution in [0, 0.1) is 0 Å². The number of alkyl halides is 3. The van der Waals surface area contributed by atoms with E-state index >= 15 is 0 Å². The summed E-state index contributed by atoms with van der Waals surface area (Å²) in [5.74, 6) is -0.305. The minimum Gasteiger partial charge on any atom is -0.454 e. The van der Waals surface area contributed by atoms with Gasteiger partial charge in [0, 0.05) is 28.9 Å². The fourth-order valence-electron chi connectivity index (χ4n) is 5.71. The summed E-state index contributed by atoms with van der Waals surface area (Å²) in [5, 5.41) is 3.43. The average molecular weight is 476 g/mol. The zero-order valence-electron chi connectivity index (χ0n) is 18.8. The van der Waals surface area contributed by atoms with Gasteiger partial charge in [0.25, 0.3) is 0 Å². The molecule has 3 aromatic rings. The molecule has 2 fully saturated rings. The minimum absolute atomic E-state index is 0.428. The highest BCUT2D eigenvalue weighted by atomic mass is 19.4. The Morgan fingerprint density at radius 1 is 0.857 bits per heavy atom. The van der Waals surface area contributed by atoms with E-state index in [0.29, 0.717) is 37.2 Å². The van der Waals surface area contributed by atoms with Crippen LogP contribution in [0.5, 0.6) is 11.5 Å². The van der Waals surface area contributed by atoms with Crippen molar-refractivity contribution in [2.45, 2.75) is 43.9 Å². The fourth-order valence-corrected chi connectivity index (χ4v) is 5.71. The zero-order valence-corrected chi connectivity index (χ0v) is 18.8. The van der Waals surface area contributed by atoms with Gasteiger partial charge in [0.1, 0.15) is 5.75 Å². The Labute approximate surface area is 201 Å². The molecule has 3 aliphatic rings. The molecule has 0 aliphatic carbocycles. The van der Waals surface area contributed by atoms with Gasteiger partial charge >= 0.3 is 12.1 Å². The van der Waals surface area contributed by atoms with Crippen LogP contribution in [0.2, 0.25) is 0 Å². The van der Waals surface area contributed by atoms with E-state index in [0.717, 1.165) is 38.5 Å². The molecule has 2 unspecified atom stereocenters. The summed E-state index contributed by atoms with van der Waals surface area (Å²) in [6, 6.07) is 22.6. The summed E-state index contributed by atoms with van der Waals surface area (Å²) in [5.41, 5.74) is 5.67. The number of halogens is 3. The van der Waals surface area contributed by atoms with Crippen molar-refractivity contribution >= 4 is 22.9 Å². The molecule has 1 N–H and O–H groups in total. The molecule has 0 radical (unpaired) electrons. The maximum Gasteiger partial charge on any atom is 0.471 e. The lowest BCUT2D eigenvalue weighted by atomic mass is 9.83. The summed E-state index contributed by atoms with van der Waals surface area (Å²) in [7, 11) is 0. The van der Waals surface area contributed by atoms with Crippen LogP contribution < -0.4 is 10.1 Å². The van der Waals surface area contributed by atoms with Gasteiger partial charge in [-0.2, -0.15) is 13.2 Å². The number of para-hydroxylation sites is 3. The molecule has 2 atom stereocenters. The first kappa shape index (κ1) is 21.8. The SMILES string of the molecule is O=C(N1C2CCC1CC(=C1c3ccccc3Oc3c(Nc4ccccc4)cccc31)C2)C(F)(F)F. The molecule has 178 valence electrons. The fraction of sp³-hybridized carbons (Fsp3) is 0.250. The normalized spacial score (nSPS) is 20.7. The molecule has 0 aromatic heterocycles. The number of hydrogen-bond acceptors (Lipinski definition) is 3. The molecular weight excluding hydrogens is 453 g/mol. The molecule has 7 heteroatoms. The standard InChI is InChI=1S/C28H23F3N2O2/c29-28(30,31)27(34)33-19-13-14-20(33)16-17(15-19)25-21-9-4-5-12-24(21)35-26-22(25)10-6-11-23(26)32-18-7-2-1-3-8-18/h1-12,19-20,32H,13-16H2. The average Bonchev–Trinajstić information content (AvgIpc) is 3.11. The number of carbonyl (C=O) groups is 1. The third-order valence-corrected chi connectivity index (χ3v) is 7.12. The topological polar surface area (TPSA) is 41.6 Å². The van der Waals surface area contributed by atoms with Crippen LogP contribution in [0.4, 0.5) is 24.5 Å². The van der Waals surface area contributed by atoms with Crippen molar-refractivity contribution in [2.75, 3.05) is 5.32 Å². The third-order valence-electron chi connectivity index (χ3n) is 7.12.